The molecule has 31 atom stereocenters. The average molecular weight is 1410 g/mol. The predicted octanol–water partition coefficient (Wildman–Crippen LogP) is 19.1. The summed E-state index contributed by atoms with van der Waals surface area (Å²) in [6.45, 7) is 29.3. The van der Waals surface area contributed by atoms with E-state index in [1.165, 1.54) is 224 Å². The fourth-order valence-corrected chi connectivity index (χ4v) is 33.2. The third-order valence-electron chi connectivity index (χ3n) is 37.2. The Morgan fingerprint density at radius 3 is 1.47 bits per heavy atom. The first kappa shape index (κ1) is 67.9. The lowest BCUT2D eigenvalue weighted by Crippen LogP contribution is -2.77. The van der Waals surface area contributed by atoms with Gasteiger partial charge < -0.3 is 29.1 Å². The predicted molar refractivity (Wildman–Crippen MR) is 428 cm³/mol. The smallest absolute Gasteiger partial charge is 0.198 e. The van der Waals surface area contributed by atoms with E-state index in [1.54, 1.807) is 39.1 Å². The van der Waals surface area contributed by atoms with Crippen molar-refractivity contribution in [2.24, 2.45) is 86.9 Å². The Labute approximate surface area is 631 Å². The van der Waals surface area contributed by atoms with E-state index in [0.717, 1.165) is 53.3 Å². The highest BCUT2D eigenvalue weighted by Gasteiger charge is 2.72. The van der Waals surface area contributed by atoms with E-state index in [4.69, 9.17) is 19.5 Å². The molecular formula is C94H138B2N6O2. The fraction of sp³-hybridized carbons (Fsp3) is 0.851. The Hall–Kier alpha value is -2.97. The SMILES string of the molecule is CC(C)(C)c1cc(B2C3CCC4CCCC5C4C3N(C3=NC4CCC6CCCCC6C4N35)C3CCC4C(OC5CCCC(CC(C)(C)c6cc(B7C8CCC9CCCC%10C9C8N(C8=NC9C%11CCCCC%11CCC9N8%10)C8CCC9C%10CCCCC%10OC9C78)cc(C(C)(C)C)c6)C54)C23)cc(C(C)(C)C)c1. The molecular weight excluding hydrogens is 1270 g/mol. The zero-order valence-electron chi connectivity index (χ0n) is 67.1. The zero-order chi connectivity index (χ0) is 70.1. The third-order valence-corrected chi connectivity index (χ3v) is 37.2. The number of benzene rings is 2. The molecule has 104 heavy (non-hydrogen) atoms. The second-order valence-corrected chi connectivity index (χ2v) is 45.2. The number of hydrogen-bond acceptors (Lipinski definition) is 8. The van der Waals surface area contributed by atoms with Gasteiger partial charge in [0.2, 0.25) is 0 Å². The molecule has 0 radical (unpaired) electrons. The van der Waals surface area contributed by atoms with Gasteiger partial charge in [-0.3, -0.25) is 0 Å². The molecule has 8 aliphatic heterocycles. The standard InChI is InChI=1S/C94H138B2N6O2/c1-91(2,3)57-45-58(92(4,5)6)48-61(47-57)95-69-40-34-55-24-19-30-72-80(55)86(69)101(89-97-70-41-35-53-22-13-15-27-64(53)84(70)100(72)89)74-44-38-67-78-56(25-20-32-77(78)104-88(67)82(74)95)51-94(10,11)60-46-59(93(7,8)9)49-62(50-60)96-68-39-33-54-23-18-29-71-79(54)85(68)102(73-43-37-66-65-28-16-17-31-76(65)103-87(66)81(73)96)90-98-83-63-26-14-12-21-52(63)36-42-75(83)99(71)90/h45-50,52-56,63-88H,12-44,51H2,1-11H3. The van der Waals surface area contributed by atoms with E-state index in [2.05, 4.69) is 132 Å². The van der Waals surface area contributed by atoms with Crippen molar-refractivity contribution < 1.29 is 9.47 Å². The first-order valence-electron chi connectivity index (χ1n) is 46.1. The van der Waals surface area contributed by atoms with Gasteiger partial charge in [-0.2, -0.15) is 0 Å². The van der Waals surface area contributed by atoms with Gasteiger partial charge in [0.25, 0.3) is 0 Å². The van der Waals surface area contributed by atoms with E-state index in [1.807, 2.05) is 0 Å². The highest BCUT2D eigenvalue weighted by Crippen LogP contribution is 2.68. The summed E-state index contributed by atoms with van der Waals surface area (Å²) in [7, 11) is 0. The topological polar surface area (TPSA) is 56.1 Å². The van der Waals surface area contributed by atoms with Crippen LogP contribution >= 0.6 is 0 Å². The molecule has 12 saturated carbocycles. The van der Waals surface area contributed by atoms with Crippen molar-refractivity contribution in [1.29, 1.82) is 0 Å². The summed E-state index contributed by atoms with van der Waals surface area (Å²) in [6, 6.07) is 22.8. The van der Waals surface area contributed by atoms with Gasteiger partial charge in [0.05, 0.1) is 48.6 Å². The van der Waals surface area contributed by atoms with Crippen molar-refractivity contribution in [3.63, 3.8) is 0 Å². The van der Waals surface area contributed by atoms with Gasteiger partial charge in [-0.05, 0) is 254 Å². The third kappa shape index (κ3) is 10.1. The van der Waals surface area contributed by atoms with Crippen LogP contribution in [0.4, 0.5) is 0 Å². The lowest BCUT2D eigenvalue weighted by molar-refractivity contribution is -0.0830. The van der Waals surface area contributed by atoms with E-state index in [-0.39, 0.29) is 21.7 Å². The Morgan fingerprint density at radius 1 is 0.356 bits per heavy atom. The molecule has 10 heteroatoms. The number of nitrogens with zero attached hydrogens (tertiary/aromatic N) is 6. The second kappa shape index (κ2) is 24.5. The van der Waals surface area contributed by atoms with Crippen LogP contribution in [-0.2, 0) is 31.1 Å². The number of guanidine groups is 2. The molecule has 18 fully saturated rings. The highest BCUT2D eigenvalue weighted by molar-refractivity contribution is 6.77. The molecule has 0 spiro atoms. The summed E-state index contributed by atoms with van der Waals surface area (Å²) in [4.78, 5) is 25.6. The van der Waals surface area contributed by atoms with Crippen LogP contribution in [0.15, 0.2) is 46.4 Å². The lowest BCUT2D eigenvalue weighted by Gasteiger charge is -2.68. The second-order valence-electron chi connectivity index (χ2n) is 45.2. The minimum absolute atomic E-state index is 0.00764. The number of ether oxygens (including phenoxy) is 2. The molecule has 12 aliphatic carbocycles. The zero-order valence-corrected chi connectivity index (χ0v) is 67.1. The van der Waals surface area contributed by atoms with Crippen LogP contribution in [0, 0.1) is 76.9 Å². The van der Waals surface area contributed by atoms with Crippen LogP contribution in [0.2, 0.25) is 23.3 Å². The molecule has 0 N–H and O–H groups in total. The number of fused-ring (bicyclic) bond motifs is 26. The molecule has 2 aromatic carbocycles. The Kier molecular flexibility index (Phi) is 16.0. The van der Waals surface area contributed by atoms with Crippen molar-refractivity contribution >= 4 is 36.3 Å². The maximum atomic E-state index is 8.37. The van der Waals surface area contributed by atoms with Gasteiger partial charge in [-0.25, -0.2) is 9.98 Å². The average Bonchev–Trinajstić information content (AvgIpc) is 1.33. The Bertz CT molecular complexity index is 3680. The van der Waals surface area contributed by atoms with Gasteiger partial charge in [-0.1, -0.05) is 220 Å². The van der Waals surface area contributed by atoms with Crippen LogP contribution in [0.1, 0.15) is 317 Å². The number of aliphatic imine (C=N–C) groups is 2. The normalized spacial score (nSPS) is 47.1. The van der Waals surface area contributed by atoms with Crippen molar-refractivity contribution in [3.8, 4) is 0 Å². The molecule has 22 rings (SSSR count). The summed E-state index contributed by atoms with van der Waals surface area (Å²) in [5, 5.41) is 0. The Balaban J connectivity index is 0.634. The minimum Gasteiger partial charge on any atom is -0.375 e. The van der Waals surface area contributed by atoms with E-state index in [9.17, 15) is 0 Å². The molecule has 562 valence electrons. The van der Waals surface area contributed by atoms with Crippen molar-refractivity contribution in [2.45, 2.75) is 424 Å². The quantitative estimate of drug-likeness (QED) is 0.278. The molecule has 2 aromatic rings. The van der Waals surface area contributed by atoms with Crippen molar-refractivity contribution in [2.75, 3.05) is 0 Å². The molecule has 0 bridgehead atoms. The summed E-state index contributed by atoms with van der Waals surface area (Å²) in [6.07, 6.45) is 48.9. The lowest BCUT2D eigenvalue weighted by atomic mass is 9.22. The van der Waals surface area contributed by atoms with Crippen LogP contribution in [-0.4, -0.2) is 130 Å². The van der Waals surface area contributed by atoms with Crippen LogP contribution < -0.4 is 10.9 Å². The highest BCUT2D eigenvalue weighted by atomic mass is 16.5. The largest absolute Gasteiger partial charge is 0.375 e. The molecule has 6 saturated heterocycles. The summed E-state index contributed by atoms with van der Waals surface area (Å²) >= 11 is 0. The van der Waals surface area contributed by atoms with E-state index >= 15 is 0 Å². The summed E-state index contributed by atoms with van der Waals surface area (Å²) < 4.78 is 16.3. The van der Waals surface area contributed by atoms with Gasteiger partial charge >= 0.3 is 0 Å². The van der Waals surface area contributed by atoms with Crippen LogP contribution in [0.25, 0.3) is 0 Å². The monoisotopic (exact) mass is 1410 g/mol. The summed E-state index contributed by atoms with van der Waals surface area (Å²) in [5.41, 5.74) is 10.0. The molecule has 8 heterocycles. The van der Waals surface area contributed by atoms with Crippen molar-refractivity contribution in [1.82, 2.24) is 19.6 Å². The first-order chi connectivity index (χ1) is 50.2. The fourth-order valence-electron chi connectivity index (χ4n) is 33.2. The maximum Gasteiger partial charge on any atom is 0.198 e. The minimum atomic E-state index is 0.00764. The van der Waals surface area contributed by atoms with Gasteiger partial charge in [0, 0.05) is 48.1 Å². The van der Waals surface area contributed by atoms with Gasteiger partial charge in [0.1, 0.15) is 0 Å². The van der Waals surface area contributed by atoms with E-state index < -0.39 is 0 Å². The van der Waals surface area contributed by atoms with E-state index in [0.29, 0.717) is 145 Å². The van der Waals surface area contributed by atoms with Gasteiger partial charge in [0.15, 0.2) is 25.3 Å². The maximum absolute atomic E-state index is 8.37. The number of hydrogen-bond donors (Lipinski definition) is 0. The molecule has 8 nitrogen and oxygen atoms in total. The first-order valence-corrected chi connectivity index (χ1v) is 46.1. The number of rotatable bonds is 5. The van der Waals surface area contributed by atoms with Crippen LogP contribution in [0.3, 0.4) is 0 Å². The Morgan fingerprint density at radius 2 is 0.827 bits per heavy atom. The van der Waals surface area contributed by atoms with Gasteiger partial charge in [-0.15, -0.1) is 0 Å². The summed E-state index contributed by atoms with van der Waals surface area (Å²) in [5.74, 6) is 15.4. The molecule has 31 unspecified atom stereocenters. The molecule has 0 amide bonds. The van der Waals surface area contributed by atoms with Crippen LogP contribution in [0.5, 0.6) is 0 Å². The van der Waals surface area contributed by atoms with Crippen molar-refractivity contribution in [3.05, 3.63) is 58.7 Å². The molecule has 0 aromatic heterocycles. The molecule has 20 aliphatic rings.